The van der Waals surface area contributed by atoms with Gasteiger partial charge < -0.3 is 9.94 Å². The number of carbonyl (C=O) groups excluding carboxylic acids is 1. The standard InChI is InChI=1S/C17H21NO3/c1-3-18-21-16(19)17(20,14-10-5-4-6-11-14)15-12-8-7-9-13(15)2/h4-13,15,18,20H,3H2,1-2H3. The molecule has 3 unspecified atom stereocenters. The Balaban J connectivity index is 2.41. The fourth-order valence-corrected chi connectivity index (χ4v) is 2.59. The quantitative estimate of drug-likeness (QED) is 0.816. The summed E-state index contributed by atoms with van der Waals surface area (Å²) in [6, 6.07) is 8.93. The molecule has 0 aromatic heterocycles. The molecule has 1 aliphatic rings. The summed E-state index contributed by atoms with van der Waals surface area (Å²) < 4.78 is 0. The van der Waals surface area contributed by atoms with Gasteiger partial charge in [-0.3, -0.25) is 0 Å². The summed E-state index contributed by atoms with van der Waals surface area (Å²) in [4.78, 5) is 17.5. The molecule has 21 heavy (non-hydrogen) atoms. The number of allylic oxidation sites excluding steroid dienone is 3. The molecular weight excluding hydrogens is 266 g/mol. The zero-order chi connectivity index (χ0) is 15.3. The molecule has 1 aromatic rings. The average molecular weight is 287 g/mol. The van der Waals surface area contributed by atoms with Gasteiger partial charge in [-0.1, -0.05) is 61.6 Å². The van der Waals surface area contributed by atoms with Crippen LogP contribution >= 0.6 is 0 Å². The van der Waals surface area contributed by atoms with E-state index < -0.39 is 11.6 Å². The number of aliphatic hydroxyl groups is 1. The fraction of sp³-hybridized carbons (Fsp3) is 0.353. The molecule has 0 aliphatic heterocycles. The van der Waals surface area contributed by atoms with Gasteiger partial charge in [0.25, 0.3) is 0 Å². The third kappa shape index (κ3) is 3.06. The molecule has 1 aromatic carbocycles. The lowest BCUT2D eigenvalue weighted by atomic mass is 9.73. The van der Waals surface area contributed by atoms with E-state index in [1.54, 1.807) is 24.3 Å². The molecule has 2 N–H and O–H groups in total. The zero-order valence-corrected chi connectivity index (χ0v) is 12.3. The van der Waals surface area contributed by atoms with Crippen LogP contribution < -0.4 is 5.48 Å². The van der Waals surface area contributed by atoms with Crippen molar-refractivity contribution in [1.29, 1.82) is 0 Å². The molecule has 0 heterocycles. The first-order chi connectivity index (χ1) is 10.1. The highest BCUT2D eigenvalue weighted by Crippen LogP contribution is 2.38. The lowest BCUT2D eigenvalue weighted by molar-refractivity contribution is -0.180. The van der Waals surface area contributed by atoms with Gasteiger partial charge in [0.1, 0.15) is 0 Å². The summed E-state index contributed by atoms with van der Waals surface area (Å²) in [5, 5.41) is 11.2. The van der Waals surface area contributed by atoms with E-state index in [9.17, 15) is 9.90 Å². The van der Waals surface area contributed by atoms with E-state index in [0.717, 1.165) is 0 Å². The first kappa shape index (κ1) is 15.5. The van der Waals surface area contributed by atoms with Gasteiger partial charge in [-0.15, -0.1) is 0 Å². The van der Waals surface area contributed by atoms with Crippen molar-refractivity contribution in [3.63, 3.8) is 0 Å². The first-order valence-electron chi connectivity index (χ1n) is 7.17. The van der Waals surface area contributed by atoms with E-state index in [1.807, 2.05) is 44.2 Å². The number of hydroxylamine groups is 1. The third-order valence-electron chi connectivity index (χ3n) is 3.73. The SMILES string of the molecule is CCNOC(=O)C(O)(c1ccccc1)C1C=CC=CC1C. The Labute approximate surface area is 125 Å². The molecule has 4 nitrogen and oxygen atoms in total. The highest BCUT2D eigenvalue weighted by molar-refractivity contribution is 5.82. The van der Waals surface area contributed by atoms with Crippen molar-refractivity contribution in [3.05, 3.63) is 60.2 Å². The van der Waals surface area contributed by atoms with E-state index in [4.69, 9.17) is 4.84 Å². The Hall–Kier alpha value is -1.91. The van der Waals surface area contributed by atoms with Crippen LogP contribution in [0.25, 0.3) is 0 Å². The van der Waals surface area contributed by atoms with Gasteiger partial charge in [-0.2, -0.15) is 5.48 Å². The van der Waals surface area contributed by atoms with Crippen molar-refractivity contribution in [3.8, 4) is 0 Å². The van der Waals surface area contributed by atoms with Crippen LogP contribution in [0.15, 0.2) is 54.6 Å². The van der Waals surface area contributed by atoms with Crippen LogP contribution in [0.4, 0.5) is 0 Å². The smallest absolute Gasteiger partial charge is 0.362 e. The van der Waals surface area contributed by atoms with Crippen LogP contribution in [0.1, 0.15) is 19.4 Å². The first-order valence-corrected chi connectivity index (χ1v) is 7.17. The van der Waals surface area contributed by atoms with Crippen LogP contribution in [0.5, 0.6) is 0 Å². The summed E-state index contributed by atoms with van der Waals surface area (Å²) in [6.45, 7) is 4.27. The van der Waals surface area contributed by atoms with Crippen LogP contribution in [0, 0.1) is 11.8 Å². The second kappa shape index (κ2) is 6.70. The predicted octanol–water partition coefficient (Wildman–Crippen LogP) is 2.32. The van der Waals surface area contributed by atoms with Crippen LogP contribution in [-0.2, 0) is 15.2 Å². The van der Waals surface area contributed by atoms with Crippen molar-refractivity contribution < 1.29 is 14.7 Å². The molecular formula is C17H21NO3. The minimum absolute atomic E-state index is 0.0226. The number of nitrogens with one attached hydrogen (secondary N) is 1. The summed E-state index contributed by atoms with van der Waals surface area (Å²) in [5.41, 5.74) is 1.34. The van der Waals surface area contributed by atoms with Gasteiger partial charge in [0.15, 0.2) is 5.60 Å². The molecule has 3 atom stereocenters. The molecule has 0 saturated carbocycles. The minimum Gasteiger partial charge on any atom is -0.373 e. The van der Waals surface area contributed by atoms with Crippen molar-refractivity contribution >= 4 is 5.97 Å². The largest absolute Gasteiger partial charge is 0.373 e. The molecule has 0 fully saturated rings. The monoisotopic (exact) mass is 287 g/mol. The van der Waals surface area contributed by atoms with E-state index >= 15 is 0 Å². The average Bonchev–Trinajstić information content (AvgIpc) is 2.53. The van der Waals surface area contributed by atoms with Gasteiger partial charge in [0.2, 0.25) is 0 Å². The van der Waals surface area contributed by atoms with Crippen molar-refractivity contribution in [2.75, 3.05) is 6.54 Å². The van der Waals surface area contributed by atoms with E-state index in [2.05, 4.69) is 5.48 Å². The van der Waals surface area contributed by atoms with Crippen LogP contribution in [0.2, 0.25) is 0 Å². The summed E-state index contributed by atoms with van der Waals surface area (Å²) in [7, 11) is 0. The summed E-state index contributed by atoms with van der Waals surface area (Å²) >= 11 is 0. The molecule has 4 heteroatoms. The Morgan fingerprint density at radius 2 is 1.95 bits per heavy atom. The highest BCUT2D eigenvalue weighted by atomic mass is 16.7. The molecule has 1 aliphatic carbocycles. The van der Waals surface area contributed by atoms with Gasteiger partial charge in [0, 0.05) is 12.5 Å². The molecule has 0 bridgehead atoms. The maximum Gasteiger partial charge on any atom is 0.362 e. The van der Waals surface area contributed by atoms with Crippen LogP contribution in [0.3, 0.4) is 0 Å². The number of benzene rings is 1. The van der Waals surface area contributed by atoms with Crippen molar-refractivity contribution in [1.82, 2.24) is 5.48 Å². The maximum atomic E-state index is 12.5. The Morgan fingerprint density at radius 3 is 2.57 bits per heavy atom. The molecule has 112 valence electrons. The van der Waals surface area contributed by atoms with Gasteiger partial charge in [-0.05, 0) is 18.4 Å². The lowest BCUT2D eigenvalue weighted by Gasteiger charge is -2.36. The topological polar surface area (TPSA) is 58.6 Å². The van der Waals surface area contributed by atoms with E-state index in [0.29, 0.717) is 12.1 Å². The fourth-order valence-electron chi connectivity index (χ4n) is 2.59. The van der Waals surface area contributed by atoms with E-state index in [1.165, 1.54) is 0 Å². The normalized spacial score (nSPS) is 23.6. The van der Waals surface area contributed by atoms with E-state index in [-0.39, 0.29) is 11.8 Å². The van der Waals surface area contributed by atoms with Gasteiger partial charge >= 0.3 is 5.97 Å². The number of carbonyl (C=O) groups is 1. The zero-order valence-electron chi connectivity index (χ0n) is 12.3. The number of rotatable bonds is 5. The summed E-state index contributed by atoms with van der Waals surface area (Å²) in [5.74, 6) is -1.04. The lowest BCUT2D eigenvalue weighted by Crippen LogP contribution is -2.47. The number of hydrogen-bond acceptors (Lipinski definition) is 4. The van der Waals surface area contributed by atoms with Crippen molar-refractivity contribution in [2.24, 2.45) is 11.8 Å². The molecule has 0 spiro atoms. The Bertz CT molecular complexity index is 538. The third-order valence-corrected chi connectivity index (χ3v) is 3.73. The van der Waals surface area contributed by atoms with Gasteiger partial charge in [0.05, 0.1) is 0 Å². The Kier molecular flexibility index (Phi) is 4.94. The van der Waals surface area contributed by atoms with Crippen LogP contribution in [-0.4, -0.2) is 17.6 Å². The minimum atomic E-state index is -1.72. The van der Waals surface area contributed by atoms with Crippen molar-refractivity contribution in [2.45, 2.75) is 19.4 Å². The predicted molar refractivity (Wildman–Crippen MR) is 81.0 cm³/mol. The second-order valence-corrected chi connectivity index (χ2v) is 5.17. The molecule has 0 saturated heterocycles. The number of hydrogen-bond donors (Lipinski definition) is 2. The second-order valence-electron chi connectivity index (χ2n) is 5.17. The Morgan fingerprint density at radius 1 is 1.29 bits per heavy atom. The molecule has 0 amide bonds. The summed E-state index contributed by atoms with van der Waals surface area (Å²) in [6.07, 6.45) is 7.59. The molecule has 2 rings (SSSR count). The maximum absolute atomic E-state index is 12.5. The highest BCUT2D eigenvalue weighted by Gasteiger charge is 2.48. The molecule has 0 radical (unpaired) electrons. The van der Waals surface area contributed by atoms with Gasteiger partial charge in [-0.25, -0.2) is 4.79 Å².